The highest BCUT2D eigenvalue weighted by atomic mass is 32.2. The Labute approximate surface area is 189 Å². The van der Waals surface area contributed by atoms with Crippen LogP contribution in [0.2, 0.25) is 0 Å². The van der Waals surface area contributed by atoms with Gasteiger partial charge in [-0.2, -0.15) is 0 Å². The molecule has 0 aliphatic rings. The molecular formula is C22H24N4O3S2. The first-order chi connectivity index (χ1) is 14.9. The molecule has 3 aromatic rings. The number of rotatable bonds is 8. The van der Waals surface area contributed by atoms with Gasteiger partial charge >= 0.3 is 0 Å². The van der Waals surface area contributed by atoms with Crippen molar-refractivity contribution in [1.29, 1.82) is 0 Å². The monoisotopic (exact) mass is 456 g/mol. The molecule has 31 heavy (non-hydrogen) atoms. The highest BCUT2D eigenvalue weighted by molar-refractivity contribution is 8.01. The van der Waals surface area contributed by atoms with Crippen LogP contribution in [0.5, 0.6) is 5.75 Å². The average molecular weight is 457 g/mol. The van der Waals surface area contributed by atoms with E-state index in [1.54, 1.807) is 24.3 Å². The largest absolute Gasteiger partial charge is 0.494 e. The number of aryl methyl sites for hydroxylation is 3. The third-order valence-corrected chi connectivity index (χ3v) is 6.29. The molecule has 1 heterocycles. The highest BCUT2D eigenvalue weighted by Crippen LogP contribution is 2.27. The number of nitrogens with one attached hydrogen (secondary N) is 2. The number of hydrogen-bond acceptors (Lipinski definition) is 7. The van der Waals surface area contributed by atoms with Gasteiger partial charge in [0.2, 0.25) is 11.0 Å². The van der Waals surface area contributed by atoms with Crippen LogP contribution in [0.1, 0.15) is 34.0 Å². The van der Waals surface area contributed by atoms with E-state index in [4.69, 9.17) is 4.74 Å². The second-order valence-electron chi connectivity index (χ2n) is 6.90. The van der Waals surface area contributed by atoms with Crippen molar-refractivity contribution in [2.24, 2.45) is 0 Å². The third kappa shape index (κ3) is 6.28. The van der Waals surface area contributed by atoms with Crippen LogP contribution in [0.3, 0.4) is 0 Å². The SMILES string of the molecule is CCOc1ccc(C(=O)Nc2nnc(SCC(=O)Nc3c(C)cc(C)cc3C)s2)cc1. The molecule has 0 saturated heterocycles. The summed E-state index contributed by atoms with van der Waals surface area (Å²) in [5.41, 5.74) is 4.57. The Balaban J connectivity index is 1.53. The van der Waals surface area contributed by atoms with Crippen LogP contribution in [0, 0.1) is 20.8 Å². The van der Waals surface area contributed by atoms with Crippen molar-refractivity contribution in [3.8, 4) is 5.75 Å². The molecule has 1 aromatic heterocycles. The Kier molecular flexibility index (Phi) is 7.64. The predicted octanol–water partition coefficient (Wildman–Crippen LogP) is 4.85. The van der Waals surface area contributed by atoms with Crippen molar-refractivity contribution in [3.05, 3.63) is 58.7 Å². The molecule has 162 valence electrons. The van der Waals surface area contributed by atoms with E-state index in [9.17, 15) is 9.59 Å². The maximum atomic E-state index is 12.4. The van der Waals surface area contributed by atoms with Crippen molar-refractivity contribution in [1.82, 2.24) is 10.2 Å². The minimum absolute atomic E-state index is 0.116. The van der Waals surface area contributed by atoms with E-state index >= 15 is 0 Å². The van der Waals surface area contributed by atoms with Crippen LogP contribution in [0.25, 0.3) is 0 Å². The Bertz CT molecular complexity index is 1060. The number of carbonyl (C=O) groups is 2. The second kappa shape index (κ2) is 10.4. The van der Waals surface area contributed by atoms with Crippen molar-refractivity contribution in [2.75, 3.05) is 23.0 Å². The number of amides is 2. The minimum atomic E-state index is -0.279. The lowest BCUT2D eigenvalue weighted by Crippen LogP contribution is -2.15. The van der Waals surface area contributed by atoms with Gasteiger partial charge in [-0.15, -0.1) is 10.2 Å². The van der Waals surface area contributed by atoms with Gasteiger partial charge in [0.05, 0.1) is 12.4 Å². The van der Waals surface area contributed by atoms with Gasteiger partial charge in [0.15, 0.2) is 4.34 Å². The summed E-state index contributed by atoms with van der Waals surface area (Å²) >= 11 is 2.51. The predicted molar refractivity (Wildman–Crippen MR) is 125 cm³/mol. The molecule has 0 bridgehead atoms. The smallest absolute Gasteiger partial charge is 0.257 e. The molecule has 0 aliphatic heterocycles. The van der Waals surface area contributed by atoms with Gasteiger partial charge in [-0.25, -0.2) is 0 Å². The maximum Gasteiger partial charge on any atom is 0.257 e. The first-order valence-corrected chi connectivity index (χ1v) is 11.5. The molecule has 0 atom stereocenters. The van der Waals surface area contributed by atoms with Gasteiger partial charge in [-0.3, -0.25) is 14.9 Å². The van der Waals surface area contributed by atoms with Gasteiger partial charge < -0.3 is 10.1 Å². The Hall–Kier alpha value is -2.91. The number of carbonyl (C=O) groups excluding carboxylic acids is 2. The fourth-order valence-electron chi connectivity index (χ4n) is 3.04. The Morgan fingerprint density at radius 3 is 2.35 bits per heavy atom. The van der Waals surface area contributed by atoms with E-state index in [0.717, 1.165) is 22.4 Å². The molecule has 3 rings (SSSR count). The summed E-state index contributed by atoms with van der Waals surface area (Å²) < 4.78 is 5.98. The van der Waals surface area contributed by atoms with E-state index < -0.39 is 0 Å². The van der Waals surface area contributed by atoms with Crippen molar-refractivity contribution in [3.63, 3.8) is 0 Å². The number of hydrogen-bond donors (Lipinski definition) is 2. The number of anilines is 2. The number of thioether (sulfide) groups is 1. The van der Waals surface area contributed by atoms with Crippen LogP contribution in [0.15, 0.2) is 40.7 Å². The zero-order valence-corrected chi connectivity index (χ0v) is 19.4. The molecule has 0 fully saturated rings. The first kappa shape index (κ1) is 22.8. The summed E-state index contributed by atoms with van der Waals surface area (Å²) in [6, 6.07) is 11.0. The number of nitrogens with zero attached hydrogens (tertiary/aromatic N) is 2. The Morgan fingerprint density at radius 2 is 1.71 bits per heavy atom. The summed E-state index contributed by atoms with van der Waals surface area (Å²) in [6.07, 6.45) is 0. The zero-order chi connectivity index (χ0) is 22.4. The van der Waals surface area contributed by atoms with Crippen molar-refractivity contribution < 1.29 is 14.3 Å². The lowest BCUT2D eigenvalue weighted by Gasteiger charge is -2.12. The summed E-state index contributed by atoms with van der Waals surface area (Å²) in [5.74, 6) is 0.519. The molecule has 0 saturated carbocycles. The molecule has 2 N–H and O–H groups in total. The topological polar surface area (TPSA) is 93.2 Å². The van der Waals surface area contributed by atoms with Gasteiger partial charge in [0, 0.05) is 11.3 Å². The third-order valence-electron chi connectivity index (χ3n) is 4.32. The van der Waals surface area contributed by atoms with Gasteiger partial charge in [0.1, 0.15) is 5.75 Å². The average Bonchev–Trinajstić information content (AvgIpc) is 3.17. The molecule has 2 amide bonds. The Morgan fingerprint density at radius 1 is 1.03 bits per heavy atom. The summed E-state index contributed by atoms with van der Waals surface area (Å²) in [6.45, 7) is 8.46. The van der Waals surface area contributed by atoms with E-state index in [1.807, 2.05) is 39.8 Å². The fraction of sp³-hybridized carbons (Fsp3) is 0.273. The lowest BCUT2D eigenvalue weighted by molar-refractivity contribution is -0.113. The zero-order valence-electron chi connectivity index (χ0n) is 17.8. The molecule has 0 aliphatic carbocycles. The number of ether oxygens (including phenoxy) is 1. The first-order valence-electron chi connectivity index (χ1n) is 9.74. The summed E-state index contributed by atoms with van der Waals surface area (Å²) in [4.78, 5) is 24.7. The van der Waals surface area contributed by atoms with Gasteiger partial charge in [-0.05, 0) is 63.1 Å². The lowest BCUT2D eigenvalue weighted by atomic mass is 10.1. The van der Waals surface area contributed by atoms with E-state index in [-0.39, 0.29) is 17.6 Å². The number of benzene rings is 2. The molecule has 9 heteroatoms. The van der Waals surface area contributed by atoms with Gasteiger partial charge in [0.25, 0.3) is 5.91 Å². The van der Waals surface area contributed by atoms with Crippen LogP contribution in [-0.2, 0) is 4.79 Å². The summed E-state index contributed by atoms with van der Waals surface area (Å²) in [5, 5.41) is 14.1. The second-order valence-corrected chi connectivity index (χ2v) is 9.10. The quantitative estimate of drug-likeness (QED) is 0.372. The highest BCUT2D eigenvalue weighted by Gasteiger charge is 2.13. The summed E-state index contributed by atoms with van der Waals surface area (Å²) in [7, 11) is 0. The van der Waals surface area contributed by atoms with Crippen LogP contribution in [0.4, 0.5) is 10.8 Å². The van der Waals surface area contributed by atoms with Crippen LogP contribution < -0.4 is 15.4 Å². The molecular weight excluding hydrogens is 432 g/mol. The van der Waals surface area contributed by atoms with E-state index in [1.165, 1.54) is 23.1 Å². The minimum Gasteiger partial charge on any atom is -0.494 e. The molecule has 0 spiro atoms. The van der Waals surface area contributed by atoms with Crippen molar-refractivity contribution in [2.45, 2.75) is 32.0 Å². The standard InChI is InChI=1S/C22H24N4O3S2/c1-5-29-17-8-6-16(7-9-17)20(28)24-21-25-26-22(31-21)30-12-18(27)23-19-14(3)10-13(2)11-15(19)4/h6-11H,5,12H2,1-4H3,(H,23,27)(H,24,25,28). The van der Waals surface area contributed by atoms with Crippen molar-refractivity contribution >= 4 is 45.7 Å². The maximum absolute atomic E-state index is 12.4. The fourth-order valence-corrected chi connectivity index (χ4v) is 4.58. The van der Waals surface area contributed by atoms with Crippen LogP contribution >= 0.6 is 23.1 Å². The molecule has 0 unspecified atom stereocenters. The normalized spacial score (nSPS) is 10.6. The molecule has 2 aromatic carbocycles. The molecule has 7 nitrogen and oxygen atoms in total. The van der Waals surface area contributed by atoms with Gasteiger partial charge in [-0.1, -0.05) is 40.8 Å². The van der Waals surface area contributed by atoms with E-state index in [2.05, 4.69) is 20.8 Å². The molecule has 0 radical (unpaired) electrons. The van der Waals surface area contributed by atoms with E-state index in [0.29, 0.717) is 27.4 Å². The number of aromatic nitrogens is 2. The van der Waals surface area contributed by atoms with Crippen LogP contribution in [-0.4, -0.2) is 34.4 Å².